The van der Waals surface area contributed by atoms with Gasteiger partial charge in [0, 0.05) is 22.8 Å². The van der Waals surface area contributed by atoms with Gasteiger partial charge in [0.2, 0.25) is 6.79 Å². The molecule has 2 aromatic rings. The van der Waals surface area contributed by atoms with Crippen LogP contribution in [0.3, 0.4) is 0 Å². The van der Waals surface area contributed by atoms with Crippen molar-refractivity contribution in [1.29, 1.82) is 0 Å². The quantitative estimate of drug-likeness (QED) is 0.120. The van der Waals surface area contributed by atoms with Crippen LogP contribution in [0, 0.1) is 11.2 Å². The first-order chi connectivity index (χ1) is 20.8. The van der Waals surface area contributed by atoms with Crippen LogP contribution in [-0.2, 0) is 33.5 Å². The Balaban J connectivity index is 1.54. The number of nitrogens with two attached hydrogens (primary N) is 1. The molecule has 0 saturated carbocycles. The fraction of sp³-hybridized carbons (Fsp3) is 0.385. The molecule has 2 atom stereocenters. The number of hydrogen-bond acceptors (Lipinski definition) is 13. The van der Waals surface area contributed by atoms with Gasteiger partial charge in [0.05, 0.1) is 5.41 Å². The smallest absolute Gasteiger partial charge is 0.407 e. The number of halogens is 3. The lowest BCUT2D eigenvalue weighted by molar-refractivity contribution is -0.173. The zero-order valence-corrected chi connectivity index (χ0v) is 25.0. The lowest BCUT2D eigenvalue weighted by Gasteiger charge is -2.49. The molecule has 0 spiro atoms. The maximum absolute atomic E-state index is 13.6. The van der Waals surface area contributed by atoms with Crippen LogP contribution in [-0.4, -0.2) is 76.5 Å². The van der Waals surface area contributed by atoms with Gasteiger partial charge in [0.25, 0.3) is 11.8 Å². The number of nitrogen functional groups attached to an aromatic ring is 1. The first-order valence-corrected chi connectivity index (χ1v) is 14.6. The van der Waals surface area contributed by atoms with Crippen molar-refractivity contribution < 1.29 is 51.4 Å². The minimum Gasteiger partial charge on any atom is -0.489 e. The minimum atomic E-state index is -3.34. The van der Waals surface area contributed by atoms with E-state index >= 15 is 0 Å². The summed E-state index contributed by atoms with van der Waals surface area (Å²) in [4.78, 5) is 60.5. The molecule has 3 heterocycles. The Bertz CT molecular complexity index is 1510. The van der Waals surface area contributed by atoms with Crippen molar-refractivity contribution in [3.05, 3.63) is 52.4 Å². The largest absolute Gasteiger partial charge is 0.489 e. The van der Waals surface area contributed by atoms with Crippen LogP contribution in [0.1, 0.15) is 26.5 Å². The van der Waals surface area contributed by atoms with Crippen LogP contribution in [0.4, 0.5) is 18.3 Å². The molecular weight excluding hydrogens is 631 g/mol. The molecule has 2 amide bonds. The molecule has 3 N–H and O–H groups in total. The Morgan fingerprint density at radius 3 is 2.64 bits per heavy atom. The highest BCUT2D eigenvalue weighted by Crippen LogP contribution is 2.41. The van der Waals surface area contributed by atoms with E-state index in [0.29, 0.717) is 5.57 Å². The van der Waals surface area contributed by atoms with Crippen molar-refractivity contribution in [2.75, 3.05) is 24.9 Å². The summed E-state index contributed by atoms with van der Waals surface area (Å²) >= 11 is 2.08. The summed E-state index contributed by atoms with van der Waals surface area (Å²) in [7, 11) is 0. The van der Waals surface area contributed by atoms with E-state index in [-0.39, 0.29) is 34.6 Å². The molecule has 13 nitrogen and oxygen atoms in total. The summed E-state index contributed by atoms with van der Waals surface area (Å²) in [5, 5.41) is 6.07. The number of rotatable bonds is 11. The van der Waals surface area contributed by atoms with Gasteiger partial charge >= 0.3 is 18.6 Å². The molecule has 2 aliphatic heterocycles. The number of anilines is 1. The molecule has 1 unspecified atom stereocenters. The van der Waals surface area contributed by atoms with Crippen LogP contribution in [0.5, 0.6) is 5.75 Å². The summed E-state index contributed by atoms with van der Waals surface area (Å²) in [6.07, 6.45) is 0. The maximum atomic E-state index is 13.6. The summed E-state index contributed by atoms with van der Waals surface area (Å²) in [5.74, 6) is -3.73. The van der Waals surface area contributed by atoms with Crippen molar-refractivity contribution in [2.45, 2.75) is 38.8 Å². The van der Waals surface area contributed by atoms with Gasteiger partial charge in [-0.25, -0.2) is 14.2 Å². The summed E-state index contributed by atoms with van der Waals surface area (Å²) in [6, 6.07) is 4.07. The Labute approximate surface area is 256 Å². The zero-order chi connectivity index (χ0) is 32.2. The third-order valence-corrected chi connectivity index (χ3v) is 7.95. The zero-order valence-electron chi connectivity index (χ0n) is 23.4. The van der Waals surface area contributed by atoms with Crippen LogP contribution in [0.15, 0.2) is 46.1 Å². The molecule has 0 bridgehead atoms. The molecular formula is C26H26F3N5O8S2. The van der Waals surface area contributed by atoms with E-state index in [1.165, 1.54) is 23.6 Å². The lowest BCUT2D eigenvalue weighted by atomic mass is 9.98. The number of oxime groups is 1. The second kappa shape index (κ2) is 13.5. The molecule has 18 heteroatoms. The molecule has 1 aromatic heterocycles. The number of thioether (sulfide) groups is 1. The number of amides is 2. The topological polar surface area (TPSA) is 172 Å². The minimum absolute atomic E-state index is 0.0285. The Morgan fingerprint density at radius 2 is 2.00 bits per heavy atom. The molecule has 236 valence electrons. The van der Waals surface area contributed by atoms with E-state index in [9.17, 15) is 32.3 Å². The number of carbonyl (C=O) groups excluding carboxylic acids is 4. The number of β-lactam (4-membered cyclic amide) rings is 1. The van der Waals surface area contributed by atoms with E-state index in [4.69, 9.17) is 19.9 Å². The van der Waals surface area contributed by atoms with E-state index in [0.717, 1.165) is 34.1 Å². The highest BCUT2D eigenvalue weighted by atomic mass is 32.2. The molecule has 0 aliphatic carbocycles. The number of alkyl halides is 2. The fourth-order valence-corrected chi connectivity index (χ4v) is 5.71. The number of esters is 2. The second-order valence-corrected chi connectivity index (χ2v) is 12.2. The number of hydrogen-bond donors (Lipinski definition) is 2. The Morgan fingerprint density at radius 1 is 1.25 bits per heavy atom. The van der Waals surface area contributed by atoms with Gasteiger partial charge in [0.15, 0.2) is 10.8 Å². The first kappa shape index (κ1) is 32.6. The Kier molecular flexibility index (Phi) is 10.0. The van der Waals surface area contributed by atoms with Crippen molar-refractivity contribution in [3.8, 4) is 5.75 Å². The SMILES string of the molecule is CC(C)(C)C(=O)OCOC(=O)C1=C(COc2cccc(F)c2)CS[C@H]2C(NC(=O)C(=NOC(F)F)c3csc(N)n3)C(=O)N12. The summed E-state index contributed by atoms with van der Waals surface area (Å²) < 4.78 is 54.8. The van der Waals surface area contributed by atoms with Crippen LogP contribution in [0.25, 0.3) is 0 Å². The third kappa shape index (κ3) is 7.60. The van der Waals surface area contributed by atoms with Crippen LogP contribution < -0.4 is 15.8 Å². The molecule has 0 radical (unpaired) electrons. The van der Waals surface area contributed by atoms with Gasteiger partial charge < -0.3 is 30.1 Å². The van der Waals surface area contributed by atoms with E-state index < -0.39 is 65.5 Å². The predicted octanol–water partition coefficient (Wildman–Crippen LogP) is 2.63. The van der Waals surface area contributed by atoms with E-state index in [1.54, 1.807) is 20.8 Å². The van der Waals surface area contributed by atoms with Gasteiger partial charge in [-0.15, -0.1) is 23.1 Å². The maximum Gasteiger partial charge on any atom is 0.407 e. The van der Waals surface area contributed by atoms with Crippen molar-refractivity contribution >= 4 is 57.7 Å². The van der Waals surface area contributed by atoms with Crippen LogP contribution >= 0.6 is 23.1 Å². The molecule has 2 aliphatic rings. The normalized spacial score (nSPS) is 18.4. The standard InChI is InChI=1S/C26H26F3N5O8S2/c1-26(2,3)23(38)41-11-40-22(37)18-12(8-39-14-6-4-5-13(27)7-14)9-43-21-17(20(36)34(18)21)32-19(35)16(33-42-24(28)29)15-10-44-25(30)31-15/h4-7,10,17,21,24H,8-9,11H2,1-3H3,(H2,30,31)(H,32,35)/t17?,21-/m0/s1. The van der Waals surface area contributed by atoms with Crippen molar-refractivity contribution in [3.63, 3.8) is 0 Å². The number of aromatic nitrogens is 1. The van der Waals surface area contributed by atoms with Gasteiger partial charge in [0.1, 0.15) is 41.0 Å². The van der Waals surface area contributed by atoms with E-state index in [2.05, 4.69) is 20.3 Å². The lowest BCUT2D eigenvalue weighted by Crippen LogP contribution is -2.71. The highest BCUT2D eigenvalue weighted by molar-refractivity contribution is 8.00. The molecule has 44 heavy (non-hydrogen) atoms. The van der Waals surface area contributed by atoms with Crippen molar-refractivity contribution in [2.24, 2.45) is 10.6 Å². The monoisotopic (exact) mass is 657 g/mol. The fourth-order valence-electron chi connectivity index (χ4n) is 3.83. The van der Waals surface area contributed by atoms with Crippen LogP contribution in [0.2, 0.25) is 0 Å². The average Bonchev–Trinajstić information content (AvgIpc) is 3.39. The molecule has 4 rings (SSSR count). The number of ether oxygens (including phenoxy) is 3. The van der Waals surface area contributed by atoms with Gasteiger partial charge in [-0.1, -0.05) is 11.2 Å². The highest BCUT2D eigenvalue weighted by Gasteiger charge is 2.55. The number of nitrogens with zero attached hydrogens (tertiary/aromatic N) is 3. The number of nitrogens with one attached hydrogen (secondary N) is 1. The number of thiazole rings is 1. The average molecular weight is 658 g/mol. The number of fused-ring (bicyclic) bond motifs is 1. The second-order valence-electron chi connectivity index (χ2n) is 10.2. The van der Waals surface area contributed by atoms with Gasteiger partial charge in [-0.2, -0.15) is 8.78 Å². The first-order valence-electron chi connectivity index (χ1n) is 12.7. The number of benzene rings is 1. The third-order valence-electron chi connectivity index (χ3n) is 5.93. The molecule has 1 aromatic carbocycles. The van der Waals surface area contributed by atoms with Gasteiger partial charge in [-0.05, 0) is 32.9 Å². The summed E-state index contributed by atoms with van der Waals surface area (Å²) in [5.41, 5.74) is 3.99. The van der Waals surface area contributed by atoms with Crippen molar-refractivity contribution in [1.82, 2.24) is 15.2 Å². The molecule has 1 fully saturated rings. The molecule has 1 saturated heterocycles. The predicted molar refractivity (Wildman–Crippen MR) is 151 cm³/mol. The van der Waals surface area contributed by atoms with E-state index in [1.807, 2.05) is 0 Å². The Hall–Kier alpha value is -4.32. The number of carbonyl (C=O) groups is 4. The van der Waals surface area contributed by atoms with Gasteiger partial charge in [-0.3, -0.25) is 19.3 Å². The summed E-state index contributed by atoms with van der Waals surface area (Å²) in [6.45, 7) is 0.517.